The summed E-state index contributed by atoms with van der Waals surface area (Å²) in [7, 11) is 0. The maximum Gasteiger partial charge on any atom is 0.192 e. The summed E-state index contributed by atoms with van der Waals surface area (Å²) in [6.45, 7) is 3.73. The maximum absolute atomic E-state index is 5.70. The molecule has 2 aromatic rings. The molecule has 0 bridgehead atoms. The van der Waals surface area contributed by atoms with Crippen LogP contribution in [0, 0.1) is 6.92 Å². The quantitative estimate of drug-likeness (QED) is 0.879. The van der Waals surface area contributed by atoms with Gasteiger partial charge in [-0.1, -0.05) is 0 Å². The third-order valence-corrected chi connectivity index (χ3v) is 3.88. The SMILES string of the molecule is Cc1cc(CN)nc(Sc2ccc3c(c2)OCCCO3)n1. The minimum Gasteiger partial charge on any atom is -0.490 e. The number of aryl methyl sites for hydroxylation is 1. The Labute approximate surface area is 127 Å². The monoisotopic (exact) mass is 303 g/mol. The van der Waals surface area contributed by atoms with Gasteiger partial charge in [0.2, 0.25) is 0 Å². The second-order valence-electron chi connectivity index (χ2n) is 4.75. The summed E-state index contributed by atoms with van der Waals surface area (Å²) in [6, 6.07) is 7.80. The van der Waals surface area contributed by atoms with Crippen LogP contribution in [0.4, 0.5) is 0 Å². The number of nitrogens with zero attached hydrogens (tertiary/aromatic N) is 2. The highest BCUT2D eigenvalue weighted by Crippen LogP contribution is 2.35. The normalized spacial score (nSPS) is 13.8. The van der Waals surface area contributed by atoms with Crippen molar-refractivity contribution in [3.05, 3.63) is 35.7 Å². The Morgan fingerprint density at radius 3 is 2.76 bits per heavy atom. The third-order valence-electron chi connectivity index (χ3n) is 3.02. The molecule has 0 saturated heterocycles. The first-order valence-electron chi connectivity index (χ1n) is 6.87. The van der Waals surface area contributed by atoms with Gasteiger partial charge in [-0.2, -0.15) is 0 Å². The van der Waals surface area contributed by atoms with Crippen molar-refractivity contribution in [1.29, 1.82) is 0 Å². The molecule has 0 aliphatic carbocycles. The lowest BCUT2D eigenvalue weighted by molar-refractivity contribution is 0.297. The van der Waals surface area contributed by atoms with E-state index in [1.807, 2.05) is 31.2 Å². The number of hydrogen-bond donors (Lipinski definition) is 1. The number of rotatable bonds is 3. The molecule has 0 fully saturated rings. The van der Waals surface area contributed by atoms with Gasteiger partial charge in [0, 0.05) is 23.6 Å². The zero-order valence-corrected chi connectivity index (χ0v) is 12.7. The first-order valence-corrected chi connectivity index (χ1v) is 7.68. The first kappa shape index (κ1) is 14.2. The Morgan fingerprint density at radius 2 is 1.95 bits per heavy atom. The molecule has 2 heterocycles. The van der Waals surface area contributed by atoms with Crippen molar-refractivity contribution in [1.82, 2.24) is 9.97 Å². The van der Waals surface area contributed by atoms with Gasteiger partial charge in [-0.15, -0.1) is 0 Å². The predicted octanol–water partition coefficient (Wildman–Crippen LogP) is 2.56. The molecule has 0 saturated carbocycles. The van der Waals surface area contributed by atoms with Crippen LogP contribution in [0.1, 0.15) is 17.8 Å². The second kappa shape index (κ2) is 6.32. The van der Waals surface area contributed by atoms with Crippen molar-refractivity contribution in [2.75, 3.05) is 13.2 Å². The molecule has 0 amide bonds. The fraction of sp³-hybridized carbons (Fsp3) is 0.333. The van der Waals surface area contributed by atoms with E-state index < -0.39 is 0 Å². The Morgan fingerprint density at radius 1 is 1.14 bits per heavy atom. The van der Waals surface area contributed by atoms with Crippen LogP contribution in [-0.4, -0.2) is 23.2 Å². The van der Waals surface area contributed by atoms with E-state index in [-0.39, 0.29) is 0 Å². The molecule has 110 valence electrons. The average Bonchev–Trinajstić information content (AvgIpc) is 2.71. The minimum atomic E-state index is 0.415. The Kier molecular flexibility index (Phi) is 4.26. The van der Waals surface area contributed by atoms with Crippen LogP contribution in [0.5, 0.6) is 11.5 Å². The number of benzene rings is 1. The predicted molar refractivity (Wildman–Crippen MR) is 80.8 cm³/mol. The van der Waals surface area contributed by atoms with Crippen LogP contribution in [-0.2, 0) is 6.54 Å². The summed E-state index contributed by atoms with van der Waals surface area (Å²) >= 11 is 1.50. The Bertz CT molecular complexity index is 649. The molecule has 6 heteroatoms. The van der Waals surface area contributed by atoms with E-state index in [1.165, 1.54) is 11.8 Å². The van der Waals surface area contributed by atoms with Crippen molar-refractivity contribution in [3.63, 3.8) is 0 Å². The van der Waals surface area contributed by atoms with E-state index in [4.69, 9.17) is 15.2 Å². The summed E-state index contributed by atoms with van der Waals surface area (Å²) in [6.07, 6.45) is 0.901. The summed E-state index contributed by atoms with van der Waals surface area (Å²) in [4.78, 5) is 9.89. The second-order valence-corrected chi connectivity index (χ2v) is 5.79. The van der Waals surface area contributed by atoms with Crippen molar-refractivity contribution < 1.29 is 9.47 Å². The van der Waals surface area contributed by atoms with E-state index in [1.54, 1.807) is 0 Å². The first-order chi connectivity index (χ1) is 10.2. The highest BCUT2D eigenvalue weighted by atomic mass is 32.2. The molecule has 1 aliphatic heterocycles. The fourth-order valence-electron chi connectivity index (χ4n) is 2.07. The van der Waals surface area contributed by atoms with E-state index in [0.717, 1.165) is 34.2 Å². The van der Waals surface area contributed by atoms with E-state index >= 15 is 0 Å². The van der Waals surface area contributed by atoms with Gasteiger partial charge in [-0.05, 0) is 43.0 Å². The summed E-state index contributed by atoms with van der Waals surface area (Å²) in [5.41, 5.74) is 7.42. The molecule has 0 unspecified atom stereocenters. The summed E-state index contributed by atoms with van der Waals surface area (Å²) in [5, 5.41) is 0.699. The van der Waals surface area contributed by atoms with E-state index in [2.05, 4.69) is 9.97 Å². The van der Waals surface area contributed by atoms with E-state index in [0.29, 0.717) is 24.9 Å². The highest BCUT2D eigenvalue weighted by Gasteiger charge is 2.12. The van der Waals surface area contributed by atoms with E-state index in [9.17, 15) is 0 Å². The van der Waals surface area contributed by atoms with Crippen LogP contribution in [0.3, 0.4) is 0 Å². The summed E-state index contributed by atoms with van der Waals surface area (Å²) in [5.74, 6) is 1.58. The maximum atomic E-state index is 5.70. The molecule has 1 aromatic heterocycles. The van der Waals surface area contributed by atoms with Crippen LogP contribution >= 0.6 is 11.8 Å². The van der Waals surface area contributed by atoms with Crippen LogP contribution in [0.15, 0.2) is 34.3 Å². The Balaban J connectivity index is 1.85. The number of ether oxygens (including phenoxy) is 2. The van der Waals surface area contributed by atoms with Gasteiger partial charge < -0.3 is 15.2 Å². The molecule has 0 radical (unpaired) electrons. The summed E-state index contributed by atoms with van der Waals surface area (Å²) < 4.78 is 11.3. The zero-order chi connectivity index (χ0) is 14.7. The topological polar surface area (TPSA) is 70.3 Å². The standard InChI is InChI=1S/C15H17N3O2S/c1-10-7-11(9-16)18-15(17-10)21-12-3-4-13-14(8-12)20-6-2-5-19-13/h3-4,7-8H,2,5-6,9,16H2,1H3. The minimum absolute atomic E-state index is 0.415. The molecule has 1 aliphatic rings. The van der Waals surface area contributed by atoms with Crippen LogP contribution in [0.2, 0.25) is 0 Å². The molecule has 3 rings (SSSR count). The number of fused-ring (bicyclic) bond motifs is 1. The molecule has 1 aromatic carbocycles. The van der Waals surface area contributed by atoms with Crippen LogP contribution in [0.25, 0.3) is 0 Å². The lowest BCUT2D eigenvalue weighted by Gasteiger charge is -2.09. The number of hydrogen-bond acceptors (Lipinski definition) is 6. The van der Waals surface area contributed by atoms with Gasteiger partial charge in [0.15, 0.2) is 16.7 Å². The van der Waals surface area contributed by atoms with Crippen molar-refractivity contribution in [3.8, 4) is 11.5 Å². The van der Waals surface area contributed by atoms with Gasteiger partial charge in [0.05, 0.1) is 18.9 Å². The van der Waals surface area contributed by atoms with Gasteiger partial charge in [-0.3, -0.25) is 0 Å². The van der Waals surface area contributed by atoms with Crippen LogP contribution < -0.4 is 15.2 Å². The molecule has 5 nitrogen and oxygen atoms in total. The molecule has 2 N–H and O–H groups in total. The lowest BCUT2D eigenvalue weighted by Crippen LogP contribution is -2.02. The van der Waals surface area contributed by atoms with Gasteiger partial charge in [-0.25, -0.2) is 9.97 Å². The molecular weight excluding hydrogens is 286 g/mol. The molecule has 0 spiro atoms. The molecular formula is C15H17N3O2S. The zero-order valence-electron chi connectivity index (χ0n) is 11.8. The number of aromatic nitrogens is 2. The van der Waals surface area contributed by atoms with Gasteiger partial charge in [0.25, 0.3) is 0 Å². The fourth-order valence-corrected chi connectivity index (χ4v) is 2.93. The van der Waals surface area contributed by atoms with Crippen molar-refractivity contribution in [2.24, 2.45) is 5.73 Å². The van der Waals surface area contributed by atoms with Gasteiger partial charge >= 0.3 is 0 Å². The molecule has 21 heavy (non-hydrogen) atoms. The smallest absolute Gasteiger partial charge is 0.192 e. The van der Waals surface area contributed by atoms with Crippen molar-refractivity contribution in [2.45, 2.75) is 29.9 Å². The molecule has 0 atom stereocenters. The largest absolute Gasteiger partial charge is 0.490 e. The lowest BCUT2D eigenvalue weighted by atomic mass is 10.3. The van der Waals surface area contributed by atoms with Gasteiger partial charge in [0.1, 0.15) is 0 Å². The number of nitrogens with two attached hydrogens (primary N) is 1. The third kappa shape index (κ3) is 3.46. The average molecular weight is 303 g/mol. The Hall–Kier alpha value is -1.79. The van der Waals surface area contributed by atoms with Crippen molar-refractivity contribution >= 4 is 11.8 Å². The highest BCUT2D eigenvalue weighted by molar-refractivity contribution is 7.99.